The summed E-state index contributed by atoms with van der Waals surface area (Å²) in [4.78, 5) is 22.3. The summed E-state index contributed by atoms with van der Waals surface area (Å²) in [7, 11) is 0. The fourth-order valence-electron chi connectivity index (χ4n) is 2.07. The number of hydrogen-bond donors (Lipinski definition) is 2. The molecule has 1 aromatic heterocycles. The highest BCUT2D eigenvalue weighted by molar-refractivity contribution is 7.17. The SMILES string of the molecule is NC1CCC(NC(=O)c2ccc([N+](=O)[O-])s2)CC1. The zero-order chi connectivity index (χ0) is 13.1. The van der Waals surface area contributed by atoms with Crippen LogP contribution in [0.1, 0.15) is 35.4 Å². The number of hydrogen-bond acceptors (Lipinski definition) is 5. The van der Waals surface area contributed by atoms with Crippen molar-refractivity contribution in [2.75, 3.05) is 0 Å². The van der Waals surface area contributed by atoms with Crippen LogP contribution in [0, 0.1) is 10.1 Å². The minimum Gasteiger partial charge on any atom is -0.349 e. The molecule has 0 atom stereocenters. The molecule has 1 saturated carbocycles. The van der Waals surface area contributed by atoms with E-state index in [1.54, 1.807) is 0 Å². The highest BCUT2D eigenvalue weighted by Gasteiger charge is 2.22. The zero-order valence-corrected chi connectivity index (χ0v) is 10.6. The van der Waals surface area contributed by atoms with Gasteiger partial charge in [0.1, 0.15) is 0 Å². The first-order valence-electron chi connectivity index (χ1n) is 5.87. The molecule has 0 aromatic carbocycles. The van der Waals surface area contributed by atoms with Crippen LogP contribution in [0.25, 0.3) is 0 Å². The second-order valence-corrected chi connectivity index (χ2v) is 5.54. The van der Waals surface area contributed by atoms with Crippen LogP contribution < -0.4 is 11.1 Å². The van der Waals surface area contributed by atoms with Gasteiger partial charge in [-0.15, -0.1) is 0 Å². The minimum absolute atomic E-state index is 0.00850. The summed E-state index contributed by atoms with van der Waals surface area (Å²) in [6.07, 6.45) is 3.58. The molecule has 0 spiro atoms. The van der Waals surface area contributed by atoms with Gasteiger partial charge in [0.15, 0.2) is 0 Å². The quantitative estimate of drug-likeness (QED) is 0.644. The Hall–Kier alpha value is -1.47. The van der Waals surface area contributed by atoms with E-state index >= 15 is 0 Å². The lowest BCUT2D eigenvalue weighted by molar-refractivity contribution is -0.380. The summed E-state index contributed by atoms with van der Waals surface area (Å²) in [5.74, 6) is -0.228. The number of nitrogens with one attached hydrogen (secondary N) is 1. The maximum absolute atomic E-state index is 11.9. The molecule has 7 heteroatoms. The Morgan fingerprint density at radius 3 is 2.61 bits per heavy atom. The molecule has 0 aliphatic heterocycles. The van der Waals surface area contributed by atoms with E-state index in [4.69, 9.17) is 5.73 Å². The highest BCUT2D eigenvalue weighted by atomic mass is 32.1. The van der Waals surface area contributed by atoms with Gasteiger partial charge >= 0.3 is 5.00 Å². The molecule has 1 aliphatic rings. The molecule has 98 valence electrons. The average molecular weight is 269 g/mol. The van der Waals surface area contributed by atoms with Gasteiger partial charge in [0, 0.05) is 18.2 Å². The third-order valence-electron chi connectivity index (χ3n) is 3.10. The maximum Gasteiger partial charge on any atom is 0.324 e. The van der Waals surface area contributed by atoms with E-state index in [-0.39, 0.29) is 23.0 Å². The molecule has 1 fully saturated rings. The first-order chi connectivity index (χ1) is 8.56. The molecule has 1 heterocycles. The average Bonchev–Trinajstić information content (AvgIpc) is 2.81. The van der Waals surface area contributed by atoms with E-state index < -0.39 is 4.92 Å². The predicted molar refractivity (Wildman–Crippen MR) is 68.7 cm³/mol. The zero-order valence-electron chi connectivity index (χ0n) is 9.80. The van der Waals surface area contributed by atoms with Gasteiger partial charge in [-0.1, -0.05) is 11.3 Å². The van der Waals surface area contributed by atoms with Crippen molar-refractivity contribution in [3.8, 4) is 0 Å². The van der Waals surface area contributed by atoms with Crippen LogP contribution in [0.3, 0.4) is 0 Å². The third kappa shape index (κ3) is 3.05. The number of amides is 1. The van der Waals surface area contributed by atoms with Gasteiger partial charge in [0.25, 0.3) is 5.91 Å². The van der Waals surface area contributed by atoms with Gasteiger partial charge in [-0.05, 0) is 31.7 Å². The third-order valence-corrected chi connectivity index (χ3v) is 4.14. The molecule has 6 nitrogen and oxygen atoms in total. The van der Waals surface area contributed by atoms with Crippen LogP contribution in [0.15, 0.2) is 12.1 Å². The Balaban J connectivity index is 1.93. The molecule has 0 unspecified atom stereocenters. The van der Waals surface area contributed by atoms with Gasteiger partial charge in [-0.3, -0.25) is 14.9 Å². The minimum atomic E-state index is -0.485. The van der Waals surface area contributed by atoms with Gasteiger partial charge in [0.05, 0.1) is 9.80 Å². The maximum atomic E-state index is 11.9. The second kappa shape index (κ2) is 5.45. The van der Waals surface area contributed by atoms with Crippen molar-refractivity contribution in [1.82, 2.24) is 5.32 Å². The summed E-state index contributed by atoms with van der Waals surface area (Å²) in [6, 6.07) is 3.22. The van der Waals surface area contributed by atoms with Crippen LogP contribution >= 0.6 is 11.3 Å². The Morgan fingerprint density at radius 1 is 1.39 bits per heavy atom. The van der Waals surface area contributed by atoms with Crippen LogP contribution in [0.4, 0.5) is 5.00 Å². The van der Waals surface area contributed by atoms with Gasteiger partial charge in [-0.2, -0.15) is 0 Å². The second-order valence-electron chi connectivity index (χ2n) is 4.48. The van der Waals surface area contributed by atoms with E-state index in [9.17, 15) is 14.9 Å². The normalized spacial score (nSPS) is 23.6. The van der Waals surface area contributed by atoms with Crippen LogP contribution in [-0.2, 0) is 0 Å². The first-order valence-corrected chi connectivity index (χ1v) is 6.68. The molecule has 1 amide bonds. The van der Waals surface area contributed by atoms with Crippen molar-refractivity contribution in [1.29, 1.82) is 0 Å². The van der Waals surface area contributed by atoms with Crippen LogP contribution in [0.5, 0.6) is 0 Å². The molecule has 0 radical (unpaired) electrons. The summed E-state index contributed by atoms with van der Waals surface area (Å²) in [5.41, 5.74) is 5.79. The van der Waals surface area contributed by atoms with Crippen molar-refractivity contribution in [2.24, 2.45) is 5.73 Å². The molecule has 0 saturated heterocycles. The smallest absolute Gasteiger partial charge is 0.324 e. The van der Waals surface area contributed by atoms with E-state index in [1.807, 2.05) is 0 Å². The number of rotatable bonds is 3. The van der Waals surface area contributed by atoms with Crippen molar-refractivity contribution >= 4 is 22.2 Å². The lowest BCUT2D eigenvalue weighted by Crippen LogP contribution is -2.40. The Labute approximate surface area is 108 Å². The molecule has 1 aromatic rings. The van der Waals surface area contributed by atoms with Crippen LogP contribution in [-0.4, -0.2) is 22.9 Å². The molecule has 18 heavy (non-hydrogen) atoms. The molecule has 3 N–H and O–H groups in total. The van der Waals surface area contributed by atoms with E-state index in [0.717, 1.165) is 37.0 Å². The molecular weight excluding hydrogens is 254 g/mol. The molecule has 0 bridgehead atoms. The van der Waals surface area contributed by atoms with Crippen molar-refractivity contribution < 1.29 is 9.72 Å². The van der Waals surface area contributed by atoms with Crippen molar-refractivity contribution in [3.63, 3.8) is 0 Å². The number of thiophene rings is 1. The van der Waals surface area contributed by atoms with Crippen molar-refractivity contribution in [3.05, 3.63) is 27.1 Å². The van der Waals surface area contributed by atoms with Gasteiger partial charge in [0.2, 0.25) is 0 Å². The lowest BCUT2D eigenvalue weighted by atomic mass is 9.92. The number of carbonyl (C=O) groups excluding carboxylic acids is 1. The summed E-state index contributed by atoms with van der Waals surface area (Å²) in [6.45, 7) is 0. The Kier molecular flexibility index (Phi) is 3.93. The van der Waals surface area contributed by atoms with Crippen molar-refractivity contribution in [2.45, 2.75) is 37.8 Å². The van der Waals surface area contributed by atoms with E-state index in [1.165, 1.54) is 12.1 Å². The number of carbonyl (C=O) groups is 1. The molecule has 2 rings (SSSR count). The van der Waals surface area contributed by atoms with Crippen LogP contribution in [0.2, 0.25) is 0 Å². The van der Waals surface area contributed by atoms with E-state index in [2.05, 4.69) is 5.32 Å². The van der Waals surface area contributed by atoms with Gasteiger partial charge < -0.3 is 11.1 Å². The standard InChI is InChI=1S/C11H15N3O3S/c12-7-1-3-8(4-2-7)13-11(15)9-5-6-10(18-9)14(16)17/h5-8H,1-4,12H2,(H,13,15). The topological polar surface area (TPSA) is 98.3 Å². The Bertz CT molecular complexity index is 452. The summed E-state index contributed by atoms with van der Waals surface area (Å²) >= 11 is 0.902. The fourth-order valence-corrected chi connectivity index (χ4v) is 2.79. The van der Waals surface area contributed by atoms with Gasteiger partial charge in [-0.25, -0.2) is 0 Å². The lowest BCUT2D eigenvalue weighted by Gasteiger charge is -2.26. The largest absolute Gasteiger partial charge is 0.349 e. The number of nitro groups is 1. The predicted octanol–water partition coefficient (Wildman–Crippen LogP) is 1.66. The fraction of sp³-hybridized carbons (Fsp3) is 0.545. The highest BCUT2D eigenvalue weighted by Crippen LogP contribution is 2.24. The molecule has 1 aliphatic carbocycles. The summed E-state index contributed by atoms with van der Waals surface area (Å²) in [5, 5.41) is 13.4. The van der Waals surface area contributed by atoms with E-state index in [0.29, 0.717) is 4.88 Å². The monoisotopic (exact) mass is 269 g/mol. The first kappa shape index (κ1) is 13.0. The Morgan fingerprint density at radius 2 is 2.06 bits per heavy atom. The molecular formula is C11H15N3O3S. The number of nitrogens with zero attached hydrogens (tertiary/aromatic N) is 1. The number of nitrogens with two attached hydrogens (primary N) is 1. The summed E-state index contributed by atoms with van der Waals surface area (Å²) < 4.78 is 0.